The van der Waals surface area contributed by atoms with E-state index in [0.29, 0.717) is 37.8 Å². The molecule has 2 heterocycles. The average Bonchev–Trinajstić information content (AvgIpc) is 3.55. The number of hydrogen-bond donors (Lipinski definition) is 3. The summed E-state index contributed by atoms with van der Waals surface area (Å²) >= 11 is 0. The molecule has 251 valence electrons. The van der Waals surface area contributed by atoms with Crippen LogP contribution in [0.5, 0.6) is 0 Å². The van der Waals surface area contributed by atoms with Crippen LogP contribution in [0, 0.1) is 63.0 Å². The standard InChI is InChI=1S/C36H54NO8/c1-19-15-22(29(32(5,6)41)43-20(2)38)44-27-26(19)33(7)13-14-36-18-35(36)12-11-25(45-30(40)37-21-16-42-17-21)31(3,4)23(35)9-10-24(36)34(33,8)28(27)39/h19,21,23,25-26,28-29,39,41H,9-18H2,1-8H3,(H,37,40)/t19-,23+,25?,26+,28+,29+,33-,34-,35-,36+/m1/s1. The average molecular weight is 629 g/mol. The third-order valence-corrected chi connectivity index (χ3v) is 14.4. The molecule has 1 unspecified atom stereocenters. The Morgan fingerprint density at radius 1 is 1.09 bits per heavy atom. The number of aliphatic hydroxyl groups is 2. The number of esters is 1. The van der Waals surface area contributed by atoms with E-state index in [2.05, 4.69) is 39.9 Å². The molecule has 2 spiro atoms. The van der Waals surface area contributed by atoms with Crippen molar-refractivity contribution in [1.29, 1.82) is 0 Å². The summed E-state index contributed by atoms with van der Waals surface area (Å²) in [7, 11) is 0. The second-order valence-electron chi connectivity index (χ2n) is 17.4. The van der Waals surface area contributed by atoms with E-state index in [-0.39, 0.29) is 51.7 Å². The van der Waals surface area contributed by atoms with Crippen LogP contribution in [0.1, 0.15) is 107 Å². The van der Waals surface area contributed by atoms with Gasteiger partial charge in [-0.25, -0.2) is 4.79 Å². The Balaban J connectivity index is 1.14. The summed E-state index contributed by atoms with van der Waals surface area (Å²) in [6, 6.07) is 0.0498. The fourth-order valence-electron chi connectivity index (χ4n) is 12.2. The van der Waals surface area contributed by atoms with Gasteiger partial charge in [0.15, 0.2) is 6.10 Å². The van der Waals surface area contributed by atoms with Crippen molar-refractivity contribution in [2.45, 2.75) is 137 Å². The minimum absolute atomic E-state index is 0.0498. The van der Waals surface area contributed by atoms with Gasteiger partial charge in [0.2, 0.25) is 0 Å². The normalized spacial score (nSPS) is 46.8. The lowest BCUT2D eigenvalue weighted by Crippen LogP contribution is -2.59. The van der Waals surface area contributed by atoms with E-state index < -0.39 is 29.2 Å². The summed E-state index contributed by atoms with van der Waals surface area (Å²) in [6.45, 7) is 17.2. The fraction of sp³-hybridized carbons (Fsp3) is 0.861. The molecule has 9 nitrogen and oxygen atoms in total. The molecule has 3 N–H and O–H groups in total. The molecule has 1 amide bonds. The molecule has 10 atom stereocenters. The van der Waals surface area contributed by atoms with Crippen molar-refractivity contribution in [1.82, 2.24) is 5.32 Å². The number of fused-ring (bicyclic) bond motifs is 4. The zero-order chi connectivity index (χ0) is 32.5. The van der Waals surface area contributed by atoms with E-state index >= 15 is 0 Å². The summed E-state index contributed by atoms with van der Waals surface area (Å²) < 4.78 is 23.6. The van der Waals surface area contributed by atoms with Gasteiger partial charge in [0.05, 0.1) is 31.0 Å². The number of alkyl carbamates (subject to hydrolysis) is 1. The molecule has 0 aromatic rings. The number of carbonyl (C=O) groups excluding carboxylic acids is 2. The molecule has 5 saturated carbocycles. The Bertz CT molecular complexity index is 1230. The SMILES string of the molecule is CC(=O)O[C@@H]([C]1C[C@@H](C)[C@H]2[C](O1)[C@H](O)[C@@]1(C)[C]3CC[C@H]4C(C)(C)C(OC(=O)NC5COC5)CC[C@@]45C[C@@]35CC[C@]21C)C(C)(C)O. The molecule has 0 aromatic carbocycles. The van der Waals surface area contributed by atoms with Gasteiger partial charge in [-0.3, -0.25) is 4.79 Å². The number of hydrogen-bond acceptors (Lipinski definition) is 8. The number of rotatable bonds is 5. The number of ether oxygens (including phenoxy) is 4. The van der Waals surface area contributed by atoms with Crippen molar-refractivity contribution in [2.75, 3.05) is 13.2 Å². The second-order valence-corrected chi connectivity index (χ2v) is 17.4. The molecule has 45 heavy (non-hydrogen) atoms. The Kier molecular flexibility index (Phi) is 7.18. The molecule has 3 radical (unpaired) electrons. The zero-order valence-corrected chi connectivity index (χ0v) is 28.5. The van der Waals surface area contributed by atoms with Crippen molar-refractivity contribution in [3.8, 4) is 0 Å². The van der Waals surface area contributed by atoms with Crippen molar-refractivity contribution in [3.63, 3.8) is 0 Å². The third-order valence-electron chi connectivity index (χ3n) is 14.4. The minimum atomic E-state index is -1.32. The van der Waals surface area contributed by atoms with Gasteiger partial charge >= 0.3 is 12.1 Å². The van der Waals surface area contributed by atoms with E-state index in [0.717, 1.165) is 44.9 Å². The number of carbonyl (C=O) groups is 2. The quantitative estimate of drug-likeness (QED) is 0.352. The van der Waals surface area contributed by atoms with Crippen molar-refractivity contribution in [3.05, 3.63) is 18.1 Å². The molecule has 7 aliphatic rings. The molecular weight excluding hydrogens is 574 g/mol. The van der Waals surface area contributed by atoms with Crippen molar-refractivity contribution >= 4 is 12.1 Å². The highest BCUT2D eigenvalue weighted by atomic mass is 16.6. The molecule has 9 heteroatoms. The molecule has 0 bridgehead atoms. The first-order valence-electron chi connectivity index (χ1n) is 17.3. The van der Waals surface area contributed by atoms with Gasteiger partial charge in [-0.2, -0.15) is 0 Å². The molecular formula is C36H54NO8. The topological polar surface area (TPSA) is 124 Å². The highest BCUT2D eigenvalue weighted by Crippen LogP contribution is 2.90. The summed E-state index contributed by atoms with van der Waals surface area (Å²) in [4.78, 5) is 24.8. The van der Waals surface area contributed by atoms with Crippen LogP contribution in [0.3, 0.4) is 0 Å². The largest absolute Gasteiger partial charge is 0.456 e. The maximum absolute atomic E-state index is 12.8. The van der Waals surface area contributed by atoms with E-state index in [9.17, 15) is 19.8 Å². The van der Waals surface area contributed by atoms with E-state index in [1.54, 1.807) is 13.8 Å². The summed E-state index contributed by atoms with van der Waals surface area (Å²) in [5, 5.41) is 26.3. The lowest BCUT2D eigenvalue weighted by molar-refractivity contribution is -0.171. The van der Waals surface area contributed by atoms with Gasteiger partial charge in [0.25, 0.3) is 0 Å². The Morgan fingerprint density at radius 3 is 2.42 bits per heavy atom. The molecule has 7 fully saturated rings. The number of amides is 1. The van der Waals surface area contributed by atoms with Crippen LogP contribution >= 0.6 is 0 Å². The van der Waals surface area contributed by atoms with Crippen LogP contribution in [-0.2, 0) is 23.7 Å². The summed E-state index contributed by atoms with van der Waals surface area (Å²) in [5.74, 6) is 1.73. The van der Waals surface area contributed by atoms with Crippen LogP contribution in [0.25, 0.3) is 0 Å². The number of nitrogens with one attached hydrogen (secondary N) is 1. The van der Waals surface area contributed by atoms with E-state index in [1.807, 2.05) is 0 Å². The van der Waals surface area contributed by atoms with Crippen LogP contribution in [0.2, 0.25) is 0 Å². The Labute approximate surface area is 268 Å². The van der Waals surface area contributed by atoms with Crippen molar-refractivity contribution in [2.24, 2.45) is 44.8 Å². The first-order chi connectivity index (χ1) is 20.9. The maximum atomic E-state index is 12.8. The summed E-state index contributed by atoms with van der Waals surface area (Å²) in [6.07, 6.45) is 6.82. The predicted octanol–water partition coefficient (Wildman–Crippen LogP) is 5.28. The van der Waals surface area contributed by atoms with E-state index in [4.69, 9.17) is 18.9 Å². The van der Waals surface area contributed by atoms with Crippen molar-refractivity contribution < 1.29 is 38.7 Å². The fourth-order valence-corrected chi connectivity index (χ4v) is 12.2. The molecule has 5 aliphatic carbocycles. The van der Waals surface area contributed by atoms with Gasteiger partial charge in [0, 0.05) is 23.7 Å². The van der Waals surface area contributed by atoms with Gasteiger partial charge in [-0.1, -0.05) is 34.6 Å². The summed E-state index contributed by atoms with van der Waals surface area (Å²) in [5.41, 5.74) is -1.82. The van der Waals surface area contributed by atoms with Crippen LogP contribution < -0.4 is 5.32 Å². The van der Waals surface area contributed by atoms with Crippen LogP contribution in [-0.4, -0.2) is 65.4 Å². The van der Waals surface area contributed by atoms with Gasteiger partial charge < -0.3 is 34.5 Å². The first-order valence-corrected chi connectivity index (χ1v) is 17.3. The maximum Gasteiger partial charge on any atom is 0.407 e. The lowest BCUT2D eigenvalue weighted by atomic mass is 9.41. The third kappa shape index (κ3) is 4.24. The van der Waals surface area contributed by atoms with Gasteiger partial charge in [-0.05, 0) is 99.2 Å². The highest BCUT2D eigenvalue weighted by molar-refractivity contribution is 5.68. The monoisotopic (exact) mass is 628 g/mol. The number of aliphatic hydroxyl groups excluding tert-OH is 1. The Hall–Kier alpha value is -1.42. The van der Waals surface area contributed by atoms with Crippen LogP contribution in [0.4, 0.5) is 4.79 Å². The molecule has 2 aliphatic heterocycles. The molecule has 2 saturated heterocycles. The van der Waals surface area contributed by atoms with Gasteiger partial charge in [0.1, 0.15) is 18.3 Å². The second kappa shape index (κ2) is 10.1. The molecule has 0 aromatic heterocycles. The minimum Gasteiger partial charge on any atom is -0.456 e. The van der Waals surface area contributed by atoms with Gasteiger partial charge in [-0.15, -0.1) is 0 Å². The molecule has 7 rings (SSSR count). The highest BCUT2D eigenvalue weighted by Gasteiger charge is 2.85. The first kappa shape index (κ1) is 32.1. The van der Waals surface area contributed by atoms with Crippen LogP contribution in [0.15, 0.2) is 0 Å². The lowest BCUT2D eigenvalue weighted by Gasteiger charge is -2.63. The predicted molar refractivity (Wildman–Crippen MR) is 165 cm³/mol. The van der Waals surface area contributed by atoms with E-state index in [1.165, 1.54) is 12.8 Å². The Morgan fingerprint density at radius 2 is 1.80 bits per heavy atom. The zero-order valence-electron chi connectivity index (χ0n) is 28.5. The smallest absolute Gasteiger partial charge is 0.407 e.